The van der Waals surface area contributed by atoms with E-state index in [-0.39, 0.29) is 5.54 Å². The van der Waals surface area contributed by atoms with Gasteiger partial charge in [-0.1, -0.05) is 44.5 Å². The van der Waals surface area contributed by atoms with Crippen molar-refractivity contribution in [3.63, 3.8) is 0 Å². The summed E-state index contributed by atoms with van der Waals surface area (Å²) in [5.41, 5.74) is 8.01. The van der Waals surface area contributed by atoms with Crippen LogP contribution >= 0.6 is 11.6 Å². The monoisotopic (exact) mass is 308 g/mol. The lowest BCUT2D eigenvalue weighted by Gasteiger charge is -2.52. The van der Waals surface area contributed by atoms with Crippen molar-refractivity contribution >= 4 is 11.6 Å². The molecule has 0 bridgehead atoms. The molecule has 2 nitrogen and oxygen atoms in total. The molecule has 1 saturated carbocycles. The zero-order valence-electron chi connectivity index (χ0n) is 13.8. The summed E-state index contributed by atoms with van der Waals surface area (Å²) < 4.78 is 0. The fourth-order valence-corrected chi connectivity index (χ4v) is 4.46. The fourth-order valence-electron chi connectivity index (χ4n) is 4.33. The smallest absolute Gasteiger partial charge is 0.0406 e. The number of hydrogen-bond donors (Lipinski definition) is 1. The van der Waals surface area contributed by atoms with Gasteiger partial charge in [-0.15, -0.1) is 0 Å². The molecule has 1 aliphatic carbocycles. The normalized spacial score (nSPS) is 28.8. The predicted octanol–water partition coefficient (Wildman–Crippen LogP) is 4.32. The molecule has 0 aromatic heterocycles. The zero-order valence-corrected chi connectivity index (χ0v) is 14.6. The Bertz CT molecular complexity index is 469. The summed E-state index contributed by atoms with van der Waals surface area (Å²) in [4.78, 5) is 2.47. The van der Waals surface area contributed by atoms with E-state index in [1.807, 2.05) is 12.1 Å². The highest BCUT2D eigenvalue weighted by atomic mass is 35.5. The van der Waals surface area contributed by atoms with Gasteiger partial charge < -0.3 is 5.73 Å². The lowest BCUT2D eigenvalue weighted by atomic mass is 9.63. The summed E-state index contributed by atoms with van der Waals surface area (Å²) in [6.07, 6.45) is 3.66. The molecule has 3 heteroatoms. The minimum atomic E-state index is 0.112. The van der Waals surface area contributed by atoms with Crippen LogP contribution in [0.3, 0.4) is 0 Å². The molecule has 0 heterocycles. The van der Waals surface area contributed by atoms with E-state index < -0.39 is 0 Å². The van der Waals surface area contributed by atoms with Gasteiger partial charge >= 0.3 is 0 Å². The Hall–Kier alpha value is -0.570. The second-order valence-corrected chi connectivity index (χ2v) is 8.20. The van der Waals surface area contributed by atoms with E-state index in [2.05, 4.69) is 44.9 Å². The van der Waals surface area contributed by atoms with Crippen LogP contribution < -0.4 is 5.73 Å². The molecule has 2 N–H and O–H groups in total. The molecule has 2 rings (SSSR count). The van der Waals surface area contributed by atoms with E-state index in [4.69, 9.17) is 17.3 Å². The van der Waals surface area contributed by atoms with Crippen LogP contribution in [0.1, 0.15) is 45.6 Å². The molecule has 118 valence electrons. The maximum absolute atomic E-state index is 6.24. The molecule has 0 aliphatic heterocycles. The van der Waals surface area contributed by atoms with E-state index >= 15 is 0 Å². The van der Waals surface area contributed by atoms with Crippen molar-refractivity contribution in [3.8, 4) is 0 Å². The first-order valence-corrected chi connectivity index (χ1v) is 8.30. The average Bonchev–Trinajstić information content (AvgIpc) is 2.38. The summed E-state index contributed by atoms with van der Waals surface area (Å²) >= 11 is 5.97. The molecule has 1 aliphatic rings. The Balaban J connectivity index is 2.17. The molecule has 2 unspecified atom stereocenters. The SMILES string of the molecule is CC1CC(C)(C)CC(CN)(N(C)Cc2ccc(Cl)cc2)C1. The minimum absolute atomic E-state index is 0.112. The third-order valence-corrected chi connectivity index (χ3v) is 5.21. The van der Waals surface area contributed by atoms with Crippen molar-refractivity contribution in [2.45, 2.75) is 52.1 Å². The molecule has 1 fully saturated rings. The summed E-state index contributed by atoms with van der Waals surface area (Å²) in [7, 11) is 2.22. The van der Waals surface area contributed by atoms with Crippen LogP contribution in [0.2, 0.25) is 5.02 Å². The Morgan fingerprint density at radius 1 is 1.24 bits per heavy atom. The minimum Gasteiger partial charge on any atom is -0.329 e. The number of halogens is 1. The van der Waals surface area contributed by atoms with Crippen LogP contribution in [0, 0.1) is 11.3 Å². The van der Waals surface area contributed by atoms with Gasteiger partial charge in [-0.3, -0.25) is 4.90 Å². The second-order valence-electron chi connectivity index (χ2n) is 7.77. The van der Waals surface area contributed by atoms with Gasteiger partial charge in [0.25, 0.3) is 0 Å². The summed E-state index contributed by atoms with van der Waals surface area (Å²) in [5.74, 6) is 0.727. The largest absolute Gasteiger partial charge is 0.329 e. The number of nitrogens with zero attached hydrogens (tertiary/aromatic N) is 1. The predicted molar refractivity (Wildman–Crippen MR) is 91.5 cm³/mol. The Labute approximate surface area is 134 Å². The van der Waals surface area contributed by atoms with E-state index in [1.165, 1.54) is 24.8 Å². The van der Waals surface area contributed by atoms with E-state index in [0.717, 1.165) is 24.0 Å². The van der Waals surface area contributed by atoms with Crippen molar-refractivity contribution < 1.29 is 0 Å². The van der Waals surface area contributed by atoms with Gasteiger partial charge in [0.1, 0.15) is 0 Å². The third kappa shape index (κ3) is 4.00. The van der Waals surface area contributed by atoms with Gasteiger partial charge in [0.2, 0.25) is 0 Å². The molecular formula is C18H29ClN2. The highest BCUT2D eigenvalue weighted by molar-refractivity contribution is 6.30. The molecule has 1 aromatic carbocycles. The van der Waals surface area contributed by atoms with Crippen LogP contribution in [0.4, 0.5) is 0 Å². The van der Waals surface area contributed by atoms with E-state index in [9.17, 15) is 0 Å². The Morgan fingerprint density at radius 3 is 2.38 bits per heavy atom. The van der Waals surface area contributed by atoms with Crippen LogP contribution in [-0.2, 0) is 6.54 Å². The van der Waals surface area contributed by atoms with Crippen LogP contribution in [-0.4, -0.2) is 24.0 Å². The first-order valence-electron chi connectivity index (χ1n) is 7.92. The zero-order chi connectivity index (χ0) is 15.7. The van der Waals surface area contributed by atoms with Gasteiger partial charge in [-0.2, -0.15) is 0 Å². The fraction of sp³-hybridized carbons (Fsp3) is 0.667. The average molecular weight is 309 g/mol. The highest BCUT2D eigenvalue weighted by Gasteiger charge is 2.44. The lowest BCUT2D eigenvalue weighted by Crippen LogP contribution is -2.57. The Morgan fingerprint density at radius 2 is 1.86 bits per heavy atom. The van der Waals surface area contributed by atoms with Crippen LogP contribution in [0.25, 0.3) is 0 Å². The van der Waals surface area contributed by atoms with Crippen molar-refractivity contribution in [1.82, 2.24) is 4.90 Å². The molecule has 1 aromatic rings. The van der Waals surface area contributed by atoms with Gasteiger partial charge in [-0.05, 0) is 55.3 Å². The van der Waals surface area contributed by atoms with E-state index in [0.29, 0.717) is 5.41 Å². The van der Waals surface area contributed by atoms with Crippen LogP contribution in [0.15, 0.2) is 24.3 Å². The standard InChI is InChI=1S/C18H29ClN2/c1-14-9-17(2,3)12-18(10-14,13-20)21(4)11-15-5-7-16(19)8-6-15/h5-8,14H,9-13,20H2,1-4H3. The van der Waals surface area contributed by atoms with Gasteiger partial charge in [0, 0.05) is 23.7 Å². The number of hydrogen-bond acceptors (Lipinski definition) is 2. The first kappa shape index (κ1) is 16.8. The van der Waals surface area contributed by atoms with Gasteiger partial charge in [-0.25, -0.2) is 0 Å². The molecule has 21 heavy (non-hydrogen) atoms. The van der Waals surface area contributed by atoms with Crippen molar-refractivity contribution in [1.29, 1.82) is 0 Å². The Kier molecular flexibility index (Phi) is 5.02. The number of benzene rings is 1. The number of nitrogens with two attached hydrogens (primary N) is 1. The number of likely N-dealkylation sites (N-methyl/N-ethyl adjacent to an activating group) is 1. The first-order chi connectivity index (χ1) is 9.76. The van der Waals surface area contributed by atoms with Crippen molar-refractivity contribution in [2.24, 2.45) is 17.1 Å². The quantitative estimate of drug-likeness (QED) is 0.897. The van der Waals surface area contributed by atoms with Crippen molar-refractivity contribution in [2.75, 3.05) is 13.6 Å². The van der Waals surface area contributed by atoms with Gasteiger partial charge in [0.05, 0.1) is 0 Å². The molecule has 0 saturated heterocycles. The summed E-state index contributed by atoms with van der Waals surface area (Å²) in [5, 5.41) is 0.794. The van der Waals surface area contributed by atoms with Crippen LogP contribution in [0.5, 0.6) is 0 Å². The van der Waals surface area contributed by atoms with Crippen molar-refractivity contribution in [3.05, 3.63) is 34.9 Å². The summed E-state index contributed by atoms with van der Waals surface area (Å²) in [6, 6.07) is 8.15. The molecule has 0 radical (unpaired) electrons. The molecular weight excluding hydrogens is 280 g/mol. The number of rotatable bonds is 4. The second kappa shape index (κ2) is 6.28. The topological polar surface area (TPSA) is 29.3 Å². The summed E-state index contributed by atoms with van der Waals surface area (Å²) in [6.45, 7) is 8.77. The highest BCUT2D eigenvalue weighted by Crippen LogP contribution is 2.46. The molecule has 0 amide bonds. The maximum Gasteiger partial charge on any atom is 0.0406 e. The molecule has 2 atom stereocenters. The maximum atomic E-state index is 6.24. The van der Waals surface area contributed by atoms with Gasteiger partial charge in [0.15, 0.2) is 0 Å². The lowest BCUT2D eigenvalue weighted by molar-refractivity contribution is -0.00113. The molecule has 0 spiro atoms. The third-order valence-electron chi connectivity index (χ3n) is 4.96. The van der Waals surface area contributed by atoms with E-state index in [1.54, 1.807) is 0 Å².